The smallest absolute Gasteiger partial charge is 0.135 e. The van der Waals surface area contributed by atoms with Gasteiger partial charge in [-0.05, 0) is 119 Å². The third-order valence-corrected chi connectivity index (χ3v) is 13.7. The number of para-hydroxylation sites is 3. The molecule has 1 spiro atoms. The number of fused-ring (bicyclic) bond motifs is 15. The van der Waals surface area contributed by atoms with E-state index in [9.17, 15) is 0 Å². The molecule has 0 saturated heterocycles. The van der Waals surface area contributed by atoms with E-state index in [4.69, 9.17) is 4.42 Å². The van der Waals surface area contributed by atoms with Gasteiger partial charge in [0.2, 0.25) is 0 Å². The number of hydrogen-bond acceptors (Lipinski definition) is 4. The molecule has 0 saturated carbocycles. The van der Waals surface area contributed by atoms with Crippen LogP contribution in [0.3, 0.4) is 0 Å². The molecule has 0 radical (unpaired) electrons. The zero-order valence-electron chi connectivity index (χ0n) is 38.1. The molecule has 0 N–H and O–H groups in total. The molecule has 4 heteroatoms. The molecular formula is C62H55N3O. The number of aliphatic imine (C=N–C) groups is 2. The van der Waals surface area contributed by atoms with Crippen LogP contribution in [-0.2, 0) is 18.5 Å². The van der Waals surface area contributed by atoms with Gasteiger partial charge < -0.3 is 9.32 Å². The molecule has 0 fully saturated rings. The van der Waals surface area contributed by atoms with Gasteiger partial charge in [-0.2, -0.15) is 0 Å². The first-order valence-corrected chi connectivity index (χ1v) is 23.4. The van der Waals surface area contributed by atoms with Crippen LogP contribution in [-0.4, -0.2) is 19.5 Å². The quantitative estimate of drug-likeness (QED) is 0.162. The maximum Gasteiger partial charge on any atom is 0.135 e. The van der Waals surface area contributed by atoms with E-state index in [2.05, 4.69) is 187 Å². The first-order chi connectivity index (χ1) is 32.6. The minimum Gasteiger partial charge on any atom is -0.456 e. The summed E-state index contributed by atoms with van der Waals surface area (Å²) in [7, 11) is 0. The molecule has 0 bridgehead atoms. The van der Waals surface area contributed by atoms with Crippen LogP contribution in [0.25, 0.3) is 33.1 Å². The van der Waals surface area contributed by atoms with Gasteiger partial charge in [0.25, 0.3) is 0 Å². The summed E-state index contributed by atoms with van der Waals surface area (Å²) in [5.41, 5.74) is 20.7. The highest BCUT2D eigenvalue weighted by Gasteiger charge is 2.57. The van der Waals surface area contributed by atoms with E-state index in [1.54, 1.807) is 0 Å². The Bertz CT molecular complexity index is 3250. The number of anilines is 2. The van der Waals surface area contributed by atoms with Gasteiger partial charge in [0.05, 0.1) is 24.5 Å². The second kappa shape index (κ2) is 18.1. The number of hydrogen-bond donors (Lipinski definition) is 0. The molecule has 2 heterocycles. The summed E-state index contributed by atoms with van der Waals surface area (Å²) in [4.78, 5) is 10.8. The van der Waals surface area contributed by atoms with Gasteiger partial charge in [0.15, 0.2) is 0 Å². The number of nitrogens with zero attached hydrogens (tertiary/aromatic N) is 3. The minimum absolute atomic E-state index is 0.156. The molecule has 4 nitrogen and oxygen atoms in total. The number of benzene rings is 7. The van der Waals surface area contributed by atoms with Crippen LogP contribution in [0, 0.1) is 6.92 Å². The molecule has 8 aromatic rings. The monoisotopic (exact) mass is 857 g/mol. The van der Waals surface area contributed by atoms with Crippen molar-refractivity contribution in [2.75, 3.05) is 4.90 Å². The van der Waals surface area contributed by atoms with Crippen molar-refractivity contribution in [3.05, 3.63) is 250 Å². The Kier molecular flexibility index (Phi) is 11.7. The van der Waals surface area contributed by atoms with Crippen molar-refractivity contribution in [1.29, 1.82) is 0 Å². The Labute approximate surface area is 389 Å². The molecule has 5 aliphatic rings. The maximum absolute atomic E-state index is 5.78. The lowest BCUT2D eigenvalue weighted by Crippen LogP contribution is -2.34. The van der Waals surface area contributed by atoms with Crippen molar-refractivity contribution in [2.24, 2.45) is 9.98 Å². The molecule has 13 rings (SSSR count). The third-order valence-electron chi connectivity index (χ3n) is 13.7. The number of furan rings is 1. The van der Waals surface area contributed by atoms with Crippen LogP contribution < -0.4 is 4.90 Å². The van der Waals surface area contributed by atoms with Crippen LogP contribution in [0.2, 0.25) is 0 Å². The van der Waals surface area contributed by atoms with E-state index in [1.165, 1.54) is 72.6 Å². The van der Waals surface area contributed by atoms with Gasteiger partial charge in [0, 0.05) is 28.1 Å². The standard InChI is InChI=1S/C39H30N2.C14H11NO.C7H8.C2H6/c1-40-24-25-12-2-10-20-35(25)41-36-21-11-6-15-28(36)29-22-23-34-37(38(29)41)30-16-5-9-19-33(30)39(34)31-17-7-3-13-26(31)27-14-4-8-18-32(27)39;1-15-9-10-6-7-12-11-4-2-3-5-13(11)16-14(12)8-10;1-7-5-3-2-4-6-7;1-2/h2-3,5-13,15-23,29,38H,1,4,14,24H2;2-8H,1,9H2;2-6H,1H3;1-2H3. The Morgan fingerprint density at radius 1 is 0.621 bits per heavy atom. The van der Waals surface area contributed by atoms with Gasteiger partial charge >= 0.3 is 0 Å². The second-order valence-electron chi connectivity index (χ2n) is 17.2. The summed E-state index contributed by atoms with van der Waals surface area (Å²) in [5, 5.41) is 2.32. The summed E-state index contributed by atoms with van der Waals surface area (Å²) in [6.07, 6.45) is 12.0. The number of allylic oxidation sites excluding steroid dienone is 6. The van der Waals surface area contributed by atoms with E-state index >= 15 is 0 Å². The lowest BCUT2D eigenvalue weighted by atomic mass is 9.67. The lowest BCUT2D eigenvalue weighted by molar-refractivity contribution is 0.668. The fourth-order valence-electron chi connectivity index (χ4n) is 11.2. The topological polar surface area (TPSA) is 41.1 Å². The van der Waals surface area contributed by atoms with E-state index in [-0.39, 0.29) is 17.4 Å². The van der Waals surface area contributed by atoms with Crippen LogP contribution in [0.1, 0.15) is 77.1 Å². The normalized spacial score (nSPS) is 18.7. The summed E-state index contributed by atoms with van der Waals surface area (Å²) in [6.45, 7) is 14.7. The molecule has 3 unspecified atom stereocenters. The first-order valence-electron chi connectivity index (χ1n) is 23.4. The largest absolute Gasteiger partial charge is 0.456 e. The molecule has 7 aromatic carbocycles. The molecule has 3 atom stereocenters. The Balaban J connectivity index is 0.000000167. The van der Waals surface area contributed by atoms with Gasteiger partial charge in [-0.3, -0.25) is 9.98 Å². The molecule has 1 aliphatic heterocycles. The summed E-state index contributed by atoms with van der Waals surface area (Å²) < 4.78 is 5.78. The molecule has 1 aromatic heterocycles. The van der Waals surface area contributed by atoms with Crippen LogP contribution in [0.5, 0.6) is 0 Å². The van der Waals surface area contributed by atoms with Crippen molar-refractivity contribution in [3.8, 4) is 0 Å². The average Bonchev–Trinajstić information content (AvgIpc) is 4.09. The highest BCUT2D eigenvalue weighted by Crippen LogP contribution is 2.66. The first kappa shape index (κ1) is 42.4. The molecule has 0 amide bonds. The Morgan fingerprint density at radius 3 is 2.05 bits per heavy atom. The zero-order chi connectivity index (χ0) is 45.2. The van der Waals surface area contributed by atoms with E-state index in [0.29, 0.717) is 13.1 Å². The predicted molar refractivity (Wildman–Crippen MR) is 279 cm³/mol. The summed E-state index contributed by atoms with van der Waals surface area (Å²) in [5.74, 6) is 0.268. The third kappa shape index (κ3) is 6.91. The highest BCUT2D eigenvalue weighted by molar-refractivity contribution is 6.05. The van der Waals surface area contributed by atoms with Gasteiger partial charge in [-0.1, -0.05) is 189 Å². The van der Waals surface area contributed by atoms with Gasteiger partial charge in [0.1, 0.15) is 11.2 Å². The van der Waals surface area contributed by atoms with E-state index in [0.717, 1.165) is 40.3 Å². The van der Waals surface area contributed by atoms with Crippen LogP contribution in [0.4, 0.5) is 11.4 Å². The van der Waals surface area contributed by atoms with Crippen molar-refractivity contribution >= 4 is 57.9 Å². The van der Waals surface area contributed by atoms with Crippen LogP contribution >= 0.6 is 0 Å². The minimum atomic E-state index is -0.279. The van der Waals surface area contributed by atoms with E-state index in [1.807, 2.05) is 56.3 Å². The number of aryl methyl sites for hydroxylation is 1. The van der Waals surface area contributed by atoms with Crippen molar-refractivity contribution in [1.82, 2.24) is 0 Å². The zero-order valence-corrected chi connectivity index (χ0v) is 38.1. The van der Waals surface area contributed by atoms with Crippen molar-refractivity contribution < 1.29 is 4.42 Å². The Hall–Kier alpha value is -7.56. The van der Waals surface area contributed by atoms with Crippen LogP contribution in [0.15, 0.2) is 220 Å². The maximum atomic E-state index is 5.78. The van der Waals surface area contributed by atoms with Crippen molar-refractivity contribution in [2.45, 2.75) is 64.1 Å². The summed E-state index contributed by atoms with van der Waals surface area (Å²) >= 11 is 0. The second-order valence-corrected chi connectivity index (χ2v) is 17.2. The molecule has 324 valence electrons. The SMILES string of the molecule is C=NCc1ccc2c(c1)oc1ccccc12.C=NCc1ccccc1N1c2ccccc2C2C=CC3=C(c4ccccc4C34C3=C(CCC=C3)c3ccccc34)C21.CC.Cc1ccccc1. The van der Waals surface area contributed by atoms with Gasteiger partial charge in [-0.15, -0.1) is 0 Å². The lowest BCUT2D eigenvalue weighted by Gasteiger charge is -2.37. The molecule has 4 aliphatic carbocycles. The molecule has 66 heavy (non-hydrogen) atoms. The van der Waals surface area contributed by atoms with Gasteiger partial charge in [-0.25, -0.2) is 0 Å². The van der Waals surface area contributed by atoms with E-state index < -0.39 is 0 Å². The predicted octanol–water partition coefficient (Wildman–Crippen LogP) is 15.7. The molecular weight excluding hydrogens is 803 g/mol. The summed E-state index contributed by atoms with van der Waals surface area (Å²) in [6, 6.07) is 60.8. The highest BCUT2D eigenvalue weighted by atomic mass is 16.3. The van der Waals surface area contributed by atoms with Crippen molar-refractivity contribution in [3.63, 3.8) is 0 Å². The average molecular weight is 858 g/mol. The fraction of sp³-hybridized carbons (Fsp3) is 0.161. The Morgan fingerprint density at radius 2 is 1.27 bits per heavy atom. The number of rotatable bonds is 5. The fourth-order valence-corrected chi connectivity index (χ4v) is 11.2.